The summed E-state index contributed by atoms with van der Waals surface area (Å²) in [5, 5.41) is 4.70. The first-order valence-electron chi connectivity index (χ1n) is 5.31. The molecular formula is C10H15N3OS. The predicted molar refractivity (Wildman–Crippen MR) is 61.2 cm³/mol. The molecule has 0 spiro atoms. The normalized spacial score (nSPS) is 17.2. The average Bonchev–Trinajstić information content (AvgIpc) is 2.58. The predicted octanol–water partition coefficient (Wildman–Crippen LogP) is 2.55. The molecule has 0 radical (unpaired) electrons. The van der Waals surface area contributed by atoms with E-state index in [1.807, 2.05) is 10.3 Å². The van der Waals surface area contributed by atoms with Gasteiger partial charge in [-0.3, -0.25) is 0 Å². The van der Waals surface area contributed by atoms with Gasteiger partial charge in [0.1, 0.15) is 0 Å². The molecule has 1 aliphatic heterocycles. The first-order chi connectivity index (χ1) is 7.36. The molecule has 2 rings (SSSR count). The minimum Gasteiger partial charge on any atom is -0.325 e. The van der Waals surface area contributed by atoms with Gasteiger partial charge in [0.2, 0.25) is 0 Å². The summed E-state index contributed by atoms with van der Waals surface area (Å²) in [5.74, 6) is 0. The molecule has 0 saturated carbocycles. The Balaban J connectivity index is 1.89. The number of hydrogen-bond donors (Lipinski definition) is 1. The van der Waals surface area contributed by atoms with Crippen LogP contribution >= 0.6 is 11.5 Å². The van der Waals surface area contributed by atoms with Crippen molar-refractivity contribution in [2.75, 3.05) is 18.4 Å². The summed E-state index contributed by atoms with van der Waals surface area (Å²) < 4.78 is 3.95. The Morgan fingerprint density at radius 3 is 2.67 bits per heavy atom. The first kappa shape index (κ1) is 10.4. The summed E-state index contributed by atoms with van der Waals surface area (Å²) in [7, 11) is 0. The van der Waals surface area contributed by atoms with Gasteiger partial charge in [-0.05, 0) is 24.4 Å². The maximum absolute atomic E-state index is 11.8. The van der Waals surface area contributed by atoms with Crippen molar-refractivity contribution in [3.05, 3.63) is 11.6 Å². The Kier molecular flexibility index (Phi) is 3.55. The lowest BCUT2D eigenvalue weighted by molar-refractivity contribution is 0.214. The number of hydrogen-bond acceptors (Lipinski definition) is 3. The number of nitrogens with zero attached hydrogens (tertiary/aromatic N) is 2. The van der Waals surface area contributed by atoms with Gasteiger partial charge < -0.3 is 10.2 Å². The maximum Gasteiger partial charge on any atom is 0.321 e. The van der Waals surface area contributed by atoms with Gasteiger partial charge in [0.15, 0.2) is 0 Å². The molecule has 1 fully saturated rings. The summed E-state index contributed by atoms with van der Waals surface area (Å²) >= 11 is 1.35. The monoisotopic (exact) mass is 225 g/mol. The number of rotatable bonds is 1. The van der Waals surface area contributed by atoms with Gasteiger partial charge in [-0.25, -0.2) is 4.79 Å². The molecule has 2 heterocycles. The highest BCUT2D eigenvalue weighted by Crippen LogP contribution is 2.13. The van der Waals surface area contributed by atoms with Crippen LogP contribution in [-0.4, -0.2) is 28.4 Å². The van der Waals surface area contributed by atoms with Crippen molar-refractivity contribution >= 4 is 23.3 Å². The summed E-state index contributed by atoms with van der Waals surface area (Å²) in [6.45, 7) is 1.76. The van der Waals surface area contributed by atoms with E-state index in [2.05, 4.69) is 9.69 Å². The second-order valence-corrected chi connectivity index (χ2v) is 4.40. The Labute approximate surface area is 93.5 Å². The summed E-state index contributed by atoms with van der Waals surface area (Å²) in [5.41, 5.74) is 0.800. The number of nitrogens with one attached hydrogen (secondary N) is 1. The molecular weight excluding hydrogens is 210 g/mol. The molecule has 0 aliphatic carbocycles. The molecule has 1 aliphatic rings. The molecule has 1 saturated heterocycles. The number of carbonyl (C=O) groups excluding carboxylic acids is 1. The first-order valence-corrected chi connectivity index (χ1v) is 6.15. The van der Waals surface area contributed by atoms with Crippen LogP contribution in [0.4, 0.5) is 10.5 Å². The van der Waals surface area contributed by atoms with E-state index in [0.717, 1.165) is 31.6 Å². The van der Waals surface area contributed by atoms with Crippen LogP contribution in [0.5, 0.6) is 0 Å². The van der Waals surface area contributed by atoms with Gasteiger partial charge >= 0.3 is 6.03 Å². The van der Waals surface area contributed by atoms with Crippen LogP contribution in [0.1, 0.15) is 25.7 Å². The van der Waals surface area contributed by atoms with Gasteiger partial charge in [-0.15, -0.1) is 0 Å². The molecule has 4 nitrogen and oxygen atoms in total. The van der Waals surface area contributed by atoms with Crippen molar-refractivity contribution in [1.29, 1.82) is 0 Å². The molecule has 1 aromatic heterocycles. The van der Waals surface area contributed by atoms with Crippen LogP contribution in [0.3, 0.4) is 0 Å². The minimum atomic E-state index is 0.0112. The number of anilines is 1. The van der Waals surface area contributed by atoms with E-state index in [4.69, 9.17) is 0 Å². The number of likely N-dealkylation sites (tertiary alicyclic amines) is 1. The van der Waals surface area contributed by atoms with E-state index in [-0.39, 0.29) is 6.03 Å². The van der Waals surface area contributed by atoms with Crippen LogP contribution in [0, 0.1) is 0 Å². The van der Waals surface area contributed by atoms with E-state index >= 15 is 0 Å². The highest BCUT2D eigenvalue weighted by Gasteiger charge is 2.15. The third-order valence-corrected chi connectivity index (χ3v) is 3.16. The zero-order chi connectivity index (χ0) is 10.5. The van der Waals surface area contributed by atoms with Gasteiger partial charge in [-0.1, -0.05) is 12.8 Å². The van der Waals surface area contributed by atoms with Crippen LogP contribution < -0.4 is 5.32 Å². The lowest BCUT2D eigenvalue weighted by Crippen LogP contribution is -2.35. The molecule has 0 aromatic carbocycles. The lowest BCUT2D eigenvalue weighted by Gasteiger charge is -2.20. The fourth-order valence-corrected chi connectivity index (χ4v) is 2.21. The fraction of sp³-hybridized carbons (Fsp3) is 0.600. The van der Waals surface area contributed by atoms with Crippen molar-refractivity contribution in [2.24, 2.45) is 0 Å². The highest BCUT2D eigenvalue weighted by molar-refractivity contribution is 7.04. The summed E-state index contributed by atoms with van der Waals surface area (Å²) in [6.07, 6.45) is 6.40. The Bertz CT molecular complexity index is 304. The van der Waals surface area contributed by atoms with Crippen molar-refractivity contribution in [1.82, 2.24) is 9.27 Å². The number of carbonyl (C=O) groups is 1. The van der Waals surface area contributed by atoms with Crippen LogP contribution in [0.25, 0.3) is 0 Å². The zero-order valence-electron chi connectivity index (χ0n) is 8.61. The van der Waals surface area contributed by atoms with Gasteiger partial charge in [-0.2, -0.15) is 4.37 Å². The molecule has 5 heteroatoms. The lowest BCUT2D eigenvalue weighted by atomic mass is 10.2. The molecule has 1 aromatic rings. The number of aromatic nitrogens is 1. The Hall–Kier alpha value is -1.10. The summed E-state index contributed by atoms with van der Waals surface area (Å²) in [6, 6.07) is 0.0112. The molecule has 1 N–H and O–H groups in total. The summed E-state index contributed by atoms with van der Waals surface area (Å²) in [4.78, 5) is 13.7. The quantitative estimate of drug-likeness (QED) is 0.798. The minimum absolute atomic E-state index is 0.0112. The van der Waals surface area contributed by atoms with E-state index in [9.17, 15) is 4.79 Å². The second-order valence-electron chi connectivity index (χ2n) is 3.74. The van der Waals surface area contributed by atoms with Crippen molar-refractivity contribution < 1.29 is 4.79 Å². The molecule has 15 heavy (non-hydrogen) atoms. The van der Waals surface area contributed by atoms with E-state index in [1.165, 1.54) is 24.4 Å². The molecule has 0 bridgehead atoms. The Morgan fingerprint density at radius 2 is 2.07 bits per heavy atom. The SMILES string of the molecule is O=C(Nc1cnsc1)N1CCCCCC1. The van der Waals surface area contributed by atoms with Crippen LogP contribution in [0.15, 0.2) is 11.6 Å². The third-order valence-electron chi connectivity index (χ3n) is 2.58. The molecule has 2 amide bonds. The van der Waals surface area contributed by atoms with E-state index < -0.39 is 0 Å². The molecule has 82 valence electrons. The second kappa shape index (κ2) is 5.11. The standard InChI is InChI=1S/C10H15N3OS/c14-10(12-9-7-11-15-8-9)13-5-3-1-2-4-6-13/h7-8H,1-6H2,(H,12,14). The zero-order valence-corrected chi connectivity index (χ0v) is 9.42. The smallest absolute Gasteiger partial charge is 0.321 e. The van der Waals surface area contributed by atoms with Crippen molar-refractivity contribution in [3.63, 3.8) is 0 Å². The van der Waals surface area contributed by atoms with Crippen molar-refractivity contribution in [3.8, 4) is 0 Å². The number of urea groups is 1. The average molecular weight is 225 g/mol. The van der Waals surface area contributed by atoms with Gasteiger partial charge in [0.05, 0.1) is 11.9 Å². The van der Waals surface area contributed by atoms with E-state index in [0.29, 0.717) is 0 Å². The Morgan fingerprint density at radius 1 is 1.33 bits per heavy atom. The van der Waals surface area contributed by atoms with Crippen LogP contribution in [0.2, 0.25) is 0 Å². The fourth-order valence-electron chi connectivity index (χ4n) is 1.74. The van der Waals surface area contributed by atoms with Crippen LogP contribution in [-0.2, 0) is 0 Å². The molecule has 0 atom stereocenters. The van der Waals surface area contributed by atoms with Gasteiger partial charge in [0.25, 0.3) is 0 Å². The topological polar surface area (TPSA) is 45.2 Å². The largest absolute Gasteiger partial charge is 0.325 e. The van der Waals surface area contributed by atoms with Crippen molar-refractivity contribution in [2.45, 2.75) is 25.7 Å². The third kappa shape index (κ3) is 2.92. The number of amides is 2. The van der Waals surface area contributed by atoms with Gasteiger partial charge in [0, 0.05) is 18.5 Å². The van der Waals surface area contributed by atoms with E-state index in [1.54, 1.807) is 6.20 Å². The maximum atomic E-state index is 11.8. The molecule has 0 unspecified atom stereocenters. The highest BCUT2D eigenvalue weighted by atomic mass is 32.1.